The normalized spacial score (nSPS) is 11.5. The highest BCUT2D eigenvalue weighted by atomic mass is 14.2. The van der Waals surface area contributed by atoms with E-state index in [1.807, 2.05) is 0 Å². The van der Waals surface area contributed by atoms with E-state index in [9.17, 15) is 0 Å². The van der Waals surface area contributed by atoms with Gasteiger partial charge in [-0.1, -0.05) is 152 Å². The van der Waals surface area contributed by atoms with E-state index in [0.717, 1.165) is 0 Å². The molecule has 0 saturated carbocycles. The Bertz CT molecular complexity index is 2170. The van der Waals surface area contributed by atoms with Gasteiger partial charge in [0.1, 0.15) is 0 Å². The first-order valence-corrected chi connectivity index (χ1v) is 13.9. The molecule has 8 aromatic carbocycles. The molecular formula is C40H26. The smallest absolute Gasteiger partial charge is 0.00139 e. The van der Waals surface area contributed by atoms with Crippen LogP contribution in [-0.4, -0.2) is 0 Å². The van der Waals surface area contributed by atoms with Gasteiger partial charge in [0, 0.05) is 0 Å². The summed E-state index contributed by atoms with van der Waals surface area (Å²) in [6, 6.07) is 57.5. The van der Waals surface area contributed by atoms with Crippen molar-refractivity contribution in [2.24, 2.45) is 0 Å². The molecule has 0 heteroatoms. The molecule has 0 unspecified atom stereocenters. The fourth-order valence-corrected chi connectivity index (χ4v) is 6.45. The van der Waals surface area contributed by atoms with Crippen molar-refractivity contribution >= 4 is 43.1 Å². The number of rotatable bonds is 3. The Morgan fingerprint density at radius 2 is 0.800 bits per heavy atom. The lowest BCUT2D eigenvalue weighted by molar-refractivity contribution is 1.63. The highest BCUT2D eigenvalue weighted by molar-refractivity contribution is 6.30. The molecule has 40 heavy (non-hydrogen) atoms. The average Bonchev–Trinajstić information content (AvgIpc) is 3.04. The molecule has 0 N–H and O–H groups in total. The van der Waals surface area contributed by atoms with Crippen LogP contribution in [0.3, 0.4) is 0 Å². The Kier molecular flexibility index (Phi) is 5.24. The second-order valence-corrected chi connectivity index (χ2v) is 10.5. The SMILES string of the molecule is c1ccc(-c2ccc3c(-c4ccccc4)c4c(ccc5c6ccccc6ccc54)c(-c4ccccc4)c3c2)cc1. The van der Waals surface area contributed by atoms with E-state index >= 15 is 0 Å². The molecular weight excluding hydrogens is 480 g/mol. The van der Waals surface area contributed by atoms with E-state index in [-0.39, 0.29) is 0 Å². The van der Waals surface area contributed by atoms with Crippen LogP contribution < -0.4 is 0 Å². The molecule has 0 amide bonds. The second-order valence-electron chi connectivity index (χ2n) is 10.5. The topological polar surface area (TPSA) is 0 Å². The number of fused-ring (bicyclic) bond motifs is 6. The summed E-state index contributed by atoms with van der Waals surface area (Å²) in [4.78, 5) is 0. The zero-order valence-corrected chi connectivity index (χ0v) is 22.0. The zero-order valence-electron chi connectivity index (χ0n) is 22.0. The fourth-order valence-electron chi connectivity index (χ4n) is 6.45. The molecule has 186 valence electrons. The van der Waals surface area contributed by atoms with Crippen molar-refractivity contribution in [1.29, 1.82) is 0 Å². The minimum absolute atomic E-state index is 1.23. The van der Waals surface area contributed by atoms with E-state index in [1.54, 1.807) is 0 Å². The molecule has 0 aliphatic heterocycles. The van der Waals surface area contributed by atoms with Gasteiger partial charge in [0.15, 0.2) is 0 Å². The van der Waals surface area contributed by atoms with Gasteiger partial charge in [-0.15, -0.1) is 0 Å². The quantitative estimate of drug-likeness (QED) is 0.165. The van der Waals surface area contributed by atoms with Crippen LogP contribution in [0.1, 0.15) is 0 Å². The van der Waals surface area contributed by atoms with E-state index < -0.39 is 0 Å². The third-order valence-corrected chi connectivity index (χ3v) is 8.24. The number of hydrogen-bond donors (Lipinski definition) is 0. The van der Waals surface area contributed by atoms with Crippen molar-refractivity contribution in [3.8, 4) is 33.4 Å². The van der Waals surface area contributed by atoms with Gasteiger partial charge >= 0.3 is 0 Å². The summed E-state index contributed by atoms with van der Waals surface area (Å²) in [5.74, 6) is 0. The Labute approximate surface area is 233 Å². The number of benzene rings is 8. The molecule has 0 bridgehead atoms. The first-order valence-electron chi connectivity index (χ1n) is 13.9. The molecule has 0 aromatic heterocycles. The van der Waals surface area contributed by atoms with Crippen LogP contribution >= 0.6 is 0 Å². The summed E-state index contributed by atoms with van der Waals surface area (Å²) in [6.07, 6.45) is 0. The molecule has 0 radical (unpaired) electrons. The van der Waals surface area contributed by atoms with Crippen molar-refractivity contribution in [2.75, 3.05) is 0 Å². The van der Waals surface area contributed by atoms with Gasteiger partial charge in [0.05, 0.1) is 0 Å². The first kappa shape index (κ1) is 22.8. The van der Waals surface area contributed by atoms with Crippen LogP contribution in [0.15, 0.2) is 158 Å². The molecule has 0 nitrogen and oxygen atoms in total. The lowest BCUT2D eigenvalue weighted by Gasteiger charge is -2.20. The fraction of sp³-hybridized carbons (Fsp3) is 0. The second kappa shape index (κ2) is 9.22. The maximum absolute atomic E-state index is 2.39. The molecule has 0 aliphatic rings. The van der Waals surface area contributed by atoms with Crippen LogP contribution in [-0.2, 0) is 0 Å². The van der Waals surface area contributed by atoms with E-state index in [2.05, 4.69) is 158 Å². The van der Waals surface area contributed by atoms with Gasteiger partial charge in [-0.05, 0) is 82.5 Å². The van der Waals surface area contributed by atoms with Crippen LogP contribution in [0.2, 0.25) is 0 Å². The van der Waals surface area contributed by atoms with Gasteiger partial charge < -0.3 is 0 Å². The minimum atomic E-state index is 1.23. The van der Waals surface area contributed by atoms with Crippen molar-refractivity contribution < 1.29 is 0 Å². The van der Waals surface area contributed by atoms with Crippen LogP contribution in [0.5, 0.6) is 0 Å². The van der Waals surface area contributed by atoms with Gasteiger partial charge in [0.25, 0.3) is 0 Å². The summed E-state index contributed by atoms with van der Waals surface area (Å²) < 4.78 is 0. The summed E-state index contributed by atoms with van der Waals surface area (Å²) in [6.45, 7) is 0. The summed E-state index contributed by atoms with van der Waals surface area (Å²) >= 11 is 0. The zero-order chi connectivity index (χ0) is 26.5. The molecule has 8 rings (SSSR count). The maximum Gasteiger partial charge on any atom is -0.00139 e. The van der Waals surface area contributed by atoms with Gasteiger partial charge in [0.2, 0.25) is 0 Å². The number of hydrogen-bond acceptors (Lipinski definition) is 0. The molecule has 0 fully saturated rings. The highest BCUT2D eigenvalue weighted by Gasteiger charge is 2.19. The lowest BCUT2D eigenvalue weighted by Crippen LogP contribution is -1.93. The molecule has 0 atom stereocenters. The predicted octanol–water partition coefficient (Wildman–Crippen LogP) is 11.3. The molecule has 0 heterocycles. The summed E-state index contributed by atoms with van der Waals surface area (Å²) in [5, 5.41) is 10.3. The van der Waals surface area contributed by atoms with E-state index in [1.165, 1.54) is 76.5 Å². The lowest BCUT2D eigenvalue weighted by atomic mass is 9.82. The predicted molar refractivity (Wildman–Crippen MR) is 173 cm³/mol. The van der Waals surface area contributed by atoms with Crippen LogP contribution in [0.25, 0.3) is 76.5 Å². The van der Waals surface area contributed by atoms with Crippen molar-refractivity contribution in [3.63, 3.8) is 0 Å². The Hall–Kier alpha value is -5.20. The molecule has 0 aliphatic carbocycles. The Balaban J connectivity index is 1.62. The van der Waals surface area contributed by atoms with Gasteiger partial charge in [-0.25, -0.2) is 0 Å². The summed E-state index contributed by atoms with van der Waals surface area (Å²) in [7, 11) is 0. The maximum atomic E-state index is 2.39. The van der Waals surface area contributed by atoms with E-state index in [4.69, 9.17) is 0 Å². The molecule has 8 aromatic rings. The van der Waals surface area contributed by atoms with E-state index in [0.29, 0.717) is 0 Å². The minimum Gasteiger partial charge on any atom is -0.0622 e. The molecule has 0 saturated heterocycles. The highest BCUT2D eigenvalue weighted by Crippen LogP contribution is 2.47. The van der Waals surface area contributed by atoms with Gasteiger partial charge in [-0.2, -0.15) is 0 Å². The Morgan fingerprint density at radius 3 is 1.52 bits per heavy atom. The monoisotopic (exact) mass is 506 g/mol. The van der Waals surface area contributed by atoms with Gasteiger partial charge in [-0.3, -0.25) is 0 Å². The molecule has 0 spiro atoms. The first-order chi connectivity index (χ1) is 19.9. The Morgan fingerprint density at radius 1 is 0.250 bits per heavy atom. The van der Waals surface area contributed by atoms with Crippen molar-refractivity contribution in [2.45, 2.75) is 0 Å². The standard InChI is InChI=1S/C40H26/c1-4-12-27(13-5-1)31-21-23-35-37(26-31)38(29-15-6-2-7-16-29)36-25-24-33-32-19-11-10-14-28(32)20-22-34(33)40(36)39(35)30-17-8-3-9-18-30/h1-26H. The largest absolute Gasteiger partial charge is 0.0622 e. The van der Waals surface area contributed by atoms with Crippen molar-refractivity contribution in [1.82, 2.24) is 0 Å². The summed E-state index contributed by atoms with van der Waals surface area (Å²) in [5.41, 5.74) is 7.53. The van der Waals surface area contributed by atoms with Crippen LogP contribution in [0, 0.1) is 0 Å². The average molecular weight is 507 g/mol. The van der Waals surface area contributed by atoms with Crippen LogP contribution in [0.4, 0.5) is 0 Å². The van der Waals surface area contributed by atoms with Crippen molar-refractivity contribution in [3.05, 3.63) is 158 Å². The third-order valence-electron chi connectivity index (χ3n) is 8.24. The third kappa shape index (κ3) is 3.54.